The average Bonchev–Trinajstić information content (AvgIpc) is 3.36. The molecule has 0 spiro atoms. The third-order valence-corrected chi connectivity index (χ3v) is 6.72. The van der Waals surface area contributed by atoms with Crippen LogP contribution in [0.2, 0.25) is 5.02 Å². The Morgan fingerprint density at radius 2 is 1.60 bits per heavy atom. The molecule has 2 amide bonds. The molecule has 182 valence electrons. The van der Waals surface area contributed by atoms with Crippen LogP contribution in [-0.2, 0) is 29.0 Å². The monoisotopic (exact) mass is 492 g/mol. The zero-order chi connectivity index (χ0) is 24.6. The quantitative estimate of drug-likeness (QED) is 0.415. The van der Waals surface area contributed by atoms with Crippen molar-refractivity contribution in [1.29, 1.82) is 0 Å². The van der Waals surface area contributed by atoms with Gasteiger partial charge in [0.1, 0.15) is 11.9 Å². The summed E-state index contributed by atoms with van der Waals surface area (Å²) >= 11 is 6.14. The SMILES string of the molecule is O=C(NC1CCCC1)[C@H](Cc1ccccc1)N(Cc1ccc(F)cc1)C(=O)Cc1cccc(Cl)c1. The topological polar surface area (TPSA) is 49.4 Å². The molecule has 0 unspecified atom stereocenters. The molecule has 0 saturated heterocycles. The van der Waals surface area contributed by atoms with Gasteiger partial charge in [-0.3, -0.25) is 9.59 Å². The zero-order valence-corrected chi connectivity index (χ0v) is 20.4. The maximum atomic E-state index is 13.7. The van der Waals surface area contributed by atoms with E-state index in [1.165, 1.54) is 12.1 Å². The predicted octanol–water partition coefficient (Wildman–Crippen LogP) is 5.72. The number of hydrogen-bond acceptors (Lipinski definition) is 2. The van der Waals surface area contributed by atoms with Crippen LogP contribution in [0.4, 0.5) is 4.39 Å². The van der Waals surface area contributed by atoms with E-state index >= 15 is 0 Å². The Morgan fingerprint density at radius 3 is 2.29 bits per heavy atom. The Kier molecular flexibility index (Phi) is 8.54. The highest BCUT2D eigenvalue weighted by atomic mass is 35.5. The lowest BCUT2D eigenvalue weighted by Gasteiger charge is -2.32. The summed E-state index contributed by atoms with van der Waals surface area (Å²) in [5.41, 5.74) is 2.51. The van der Waals surface area contributed by atoms with Gasteiger partial charge in [-0.2, -0.15) is 0 Å². The number of nitrogens with one attached hydrogen (secondary N) is 1. The van der Waals surface area contributed by atoms with Gasteiger partial charge in [-0.15, -0.1) is 0 Å². The van der Waals surface area contributed by atoms with E-state index in [-0.39, 0.29) is 36.6 Å². The second kappa shape index (κ2) is 12.0. The van der Waals surface area contributed by atoms with Crippen LogP contribution in [0.5, 0.6) is 0 Å². The number of nitrogens with zero attached hydrogens (tertiary/aromatic N) is 1. The van der Waals surface area contributed by atoms with Gasteiger partial charge in [0.2, 0.25) is 11.8 Å². The van der Waals surface area contributed by atoms with Crippen molar-refractivity contribution >= 4 is 23.4 Å². The summed E-state index contributed by atoms with van der Waals surface area (Å²) in [6.45, 7) is 0.204. The fourth-order valence-corrected chi connectivity index (χ4v) is 4.84. The van der Waals surface area contributed by atoms with Crippen LogP contribution in [0.1, 0.15) is 42.4 Å². The first kappa shape index (κ1) is 24.9. The van der Waals surface area contributed by atoms with Gasteiger partial charge in [-0.25, -0.2) is 4.39 Å². The number of amides is 2. The summed E-state index contributed by atoms with van der Waals surface area (Å²) in [5.74, 6) is -0.674. The zero-order valence-electron chi connectivity index (χ0n) is 19.6. The first-order valence-electron chi connectivity index (χ1n) is 12.1. The highest BCUT2D eigenvalue weighted by Gasteiger charge is 2.32. The third-order valence-electron chi connectivity index (χ3n) is 6.48. The molecule has 1 fully saturated rings. The van der Waals surface area contributed by atoms with Crippen LogP contribution in [0.15, 0.2) is 78.9 Å². The molecule has 0 radical (unpaired) electrons. The molecule has 4 nitrogen and oxygen atoms in total. The van der Waals surface area contributed by atoms with Gasteiger partial charge in [-0.05, 0) is 53.8 Å². The lowest BCUT2D eigenvalue weighted by molar-refractivity contribution is -0.141. The van der Waals surface area contributed by atoms with Gasteiger partial charge in [0.15, 0.2) is 0 Å². The van der Waals surface area contributed by atoms with Gasteiger partial charge in [0.05, 0.1) is 6.42 Å². The molecule has 1 aliphatic rings. The minimum Gasteiger partial charge on any atom is -0.352 e. The molecule has 0 heterocycles. The largest absolute Gasteiger partial charge is 0.352 e. The maximum absolute atomic E-state index is 13.7. The molecule has 6 heteroatoms. The van der Waals surface area contributed by atoms with Gasteiger partial charge in [0, 0.05) is 24.0 Å². The van der Waals surface area contributed by atoms with Crippen LogP contribution in [0.25, 0.3) is 0 Å². The van der Waals surface area contributed by atoms with E-state index in [4.69, 9.17) is 11.6 Å². The molecule has 3 aromatic rings. The van der Waals surface area contributed by atoms with Crippen molar-refractivity contribution in [2.75, 3.05) is 0 Å². The van der Waals surface area contributed by atoms with Crippen LogP contribution in [0.3, 0.4) is 0 Å². The summed E-state index contributed by atoms with van der Waals surface area (Å²) in [4.78, 5) is 28.9. The fourth-order valence-electron chi connectivity index (χ4n) is 4.63. The lowest BCUT2D eigenvalue weighted by Crippen LogP contribution is -2.52. The predicted molar refractivity (Wildman–Crippen MR) is 136 cm³/mol. The van der Waals surface area contributed by atoms with E-state index in [0.29, 0.717) is 11.4 Å². The van der Waals surface area contributed by atoms with Gasteiger partial charge >= 0.3 is 0 Å². The third kappa shape index (κ3) is 7.15. The van der Waals surface area contributed by atoms with Crippen LogP contribution in [0, 0.1) is 5.82 Å². The lowest BCUT2D eigenvalue weighted by atomic mass is 10.0. The first-order chi connectivity index (χ1) is 17.0. The minimum atomic E-state index is -0.699. The normalized spacial score (nSPS) is 14.5. The van der Waals surface area contributed by atoms with Crippen molar-refractivity contribution in [1.82, 2.24) is 10.2 Å². The van der Waals surface area contributed by atoms with E-state index in [9.17, 15) is 14.0 Å². The average molecular weight is 493 g/mol. The van der Waals surface area contributed by atoms with Crippen molar-refractivity contribution in [3.05, 3.63) is 106 Å². The van der Waals surface area contributed by atoms with Crippen molar-refractivity contribution in [3.63, 3.8) is 0 Å². The molecule has 4 rings (SSSR count). The molecule has 0 aromatic heterocycles. The Hall–Kier alpha value is -3.18. The van der Waals surface area contributed by atoms with E-state index in [1.54, 1.807) is 29.2 Å². The molecule has 3 aromatic carbocycles. The van der Waals surface area contributed by atoms with Gasteiger partial charge in [0.25, 0.3) is 0 Å². The van der Waals surface area contributed by atoms with E-state index in [0.717, 1.165) is 42.4 Å². The number of hydrogen-bond donors (Lipinski definition) is 1. The molecule has 1 N–H and O–H groups in total. The molecular formula is C29H30ClFN2O2. The smallest absolute Gasteiger partial charge is 0.243 e. The Balaban J connectivity index is 1.65. The molecule has 1 atom stereocenters. The van der Waals surface area contributed by atoms with Crippen LogP contribution < -0.4 is 5.32 Å². The second-order valence-electron chi connectivity index (χ2n) is 9.15. The summed E-state index contributed by atoms with van der Waals surface area (Å²) in [5, 5.41) is 3.74. The first-order valence-corrected chi connectivity index (χ1v) is 12.5. The number of rotatable bonds is 9. The van der Waals surface area contributed by atoms with E-state index in [1.807, 2.05) is 42.5 Å². The number of benzene rings is 3. The van der Waals surface area contributed by atoms with Crippen LogP contribution in [-0.4, -0.2) is 28.8 Å². The molecular weight excluding hydrogens is 463 g/mol. The van der Waals surface area contributed by atoms with E-state index < -0.39 is 6.04 Å². The Labute approximate surface area is 211 Å². The highest BCUT2D eigenvalue weighted by Crippen LogP contribution is 2.21. The van der Waals surface area contributed by atoms with Gasteiger partial charge in [-0.1, -0.05) is 79.0 Å². The number of carbonyl (C=O) groups is 2. The summed E-state index contributed by atoms with van der Waals surface area (Å²) in [6, 6.07) is 22.4. The number of halogens is 2. The second-order valence-corrected chi connectivity index (χ2v) is 9.59. The molecule has 0 bridgehead atoms. The highest BCUT2D eigenvalue weighted by molar-refractivity contribution is 6.30. The molecule has 35 heavy (non-hydrogen) atoms. The van der Waals surface area contributed by atoms with Crippen molar-refractivity contribution in [3.8, 4) is 0 Å². The Bertz CT molecular complexity index is 1130. The van der Waals surface area contributed by atoms with Gasteiger partial charge < -0.3 is 10.2 Å². The van der Waals surface area contributed by atoms with Crippen molar-refractivity contribution < 1.29 is 14.0 Å². The van der Waals surface area contributed by atoms with Crippen molar-refractivity contribution in [2.45, 2.75) is 57.2 Å². The summed E-state index contributed by atoms with van der Waals surface area (Å²) < 4.78 is 13.6. The number of carbonyl (C=O) groups excluding carboxylic acids is 2. The molecule has 0 aliphatic heterocycles. The summed E-state index contributed by atoms with van der Waals surface area (Å²) in [7, 11) is 0. The summed E-state index contributed by atoms with van der Waals surface area (Å²) in [6.07, 6.45) is 4.62. The van der Waals surface area contributed by atoms with Crippen LogP contribution >= 0.6 is 11.6 Å². The molecule has 1 aliphatic carbocycles. The minimum absolute atomic E-state index is 0.115. The fraction of sp³-hybridized carbons (Fsp3) is 0.310. The maximum Gasteiger partial charge on any atom is 0.243 e. The van der Waals surface area contributed by atoms with Crippen molar-refractivity contribution in [2.24, 2.45) is 0 Å². The van der Waals surface area contributed by atoms with E-state index in [2.05, 4.69) is 5.32 Å². The standard InChI is InChI=1S/C29H30ClFN2O2/c30-24-10-6-9-23(17-24)19-28(34)33(20-22-13-15-25(31)16-14-22)27(18-21-7-2-1-3-8-21)29(35)32-26-11-4-5-12-26/h1-3,6-10,13-17,26-27H,4-5,11-12,18-20H2,(H,32,35)/t27-/m0/s1. The molecule has 1 saturated carbocycles. The Morgan fingerprint density at radius 1 is 0.914 bits per heavy atom.